The lowest BCUT2D eigenvalue weighted by Gasteiger charge is -2.10. The van der Waals surface area contributed by atoms with E-state index in [9.17, 15) is 9.59 Å². The first-order chi connectivity index (χ1) is 11.0. The van der Waals surface area contributed by atoms with Crippen molar-refractivity contribution in [1.29, 1.82) is 0 Å². The number of benzene rings is 1. The summed E-state index contributed by atoms with van der Waals surface area (Å²) in [7, 11) is 0. The number of nitrogens with one attached hydrogen (secondary N) is 3. The van der Waals surface area contributed by atoms with E-state index in [1.54, 1.807) is 18.3 Å². The normalized spacial score (nSPS) is 12.1. The van der Waals surface area contributed by atoms with Crippen LogP contribution in [-0.4, -0.2) is 25.7 Å². The first-order valence-corrected chi connectivity index (χ1v) is 7.24. The molecule has 0 aliphatic rings. The number of aryl methyl sites for hydroxylation is 1. The Kier molecular flexibility index (Phi) is 3.84. The lowest BCUT2D eigenvalue weighted by Crippen LogP contribution is -2.27. The van der Waals surface area contributed by atoms with E-state index in [2.05, 4.69) is 20.4 Å². The Balaban J connectivity index is 1.80. The van der Waals surface area contributed by atoms with Crippen molar-refractivity contribution in [3.05, 3.63) is 70.2 Å². The van der Waals surface area contributed by atoms with Crippen LogP contribution >= 0.6 is 0 Å². The average molecular weight is 311 g/mol. The number of hydrogen-bond acceptors (Lipinski definition) is 3. The van der Waals surface area contributed by atoms with Gasteiger partial charge in [0.15, 0.2) is 0 Å². The Morgan fingerprint density at radius 2 is 2.04 bits per heavy atom. The maximum Gasteiger partial charge on any atom is 0.271 e. The third-order valence-electron chi connectivity index (χ3n) is 3.46. The monoisotopic (exact) mass is 311 g/mol. The van der Waals surface area contributed by atoms with Crippen molar-refractivity contribution < 1.29 is 4.79 Å². The number of aromatic nitrogens is 4. The molecule has 0 saturated heterocycles. The fraction of sp³-hybridized carbons (Fsp3) is 0.188. The largest absolute Gasteiger partial charge is 0.344 e. The maximum atomic E-state index is 12.3. The van der Waals surface area contributed by atoms with Crippen LogP contribution < -0.4 is 10.9 Å². The Morgan fingerprint density at radius 3 is 2.70 bits per heavy atom. The van der Waals surface area contributed by atoms with Crippen LogP contribution in [0.25, 0.3) is 5.69 Å². The smallest absolute Gasteiger partial charge is 0.271 e. The van der Waals surface area contributed by atoms with E-state index in [1.165, 1.54) is 10.7 Å². The molecule has 2 aromatic heterocycles. The van der Waals surface area contributed by atoms with Gasteiger partial charge in [0.1, 0.15) is 11.5 Å². The molecule has 1 aromatic carbocycles. The summed E-state index contributed by atoms with van der Waals surface area (Å²) in [6, 6.07) is 10.1. The van der Waals surface area contributed by atoms with Crippen LogP contribution in [0.1, 0.15) is 35.0 Å². The second-order valence-electron chi connectivity index (χ2n) is 5.33. The summed E-state index contributed by atoms with van der Waals surface area (Å²) >= 11 is 0. The summed E-state index contributed by atoms with van der Waals surface area (Å²) in [6.07, 6.45) is 1.70. The molecule has 0 bridgehead atoms. The molecule has 2 heterocycles. The first-order valence-electron chi connectivity index (χ1n) is 7.24. The molecule has 1 amide bonds. The number of rotatable bonds is 4. The fourth-order valence-corrected chi connectivity index (χ4v) is 2.28. The minimum atomic E-state index is -0.363. The van der Waals surface area contributed by atoms with Crippen molar-refractivity contribution in [3.63, 3.8) is 0 Å². The van der Waals surface area contributed by atoms with Crippen LogP contribution in [0.4, 0.5) is 0 Å². The van der Waals surface area contributed by atoms with Gasteiger partial charge in [-0.15, -0.1) is 0 Å². The number of H-pyrrole nitrogens is 2. The SMILES string of the molecule is Cc1cnc([C@@H](C)NC(=O)c2cc(=O)n(-c3ccccc3)[nH]2)[nH]1. The van der Waals surface area contributed by atoms with Gasteiger partial charge in [-0.25, -0.2) is 9.67 Å². The summed E-state index contributed by atoms with van der Waals surface area (Å²) in [5, 5.41) is 5.62. The second kappa shape index (κ2) is 5.96. The van der Waals surface area contributed by atoms with Gasteiger partial charge in [0.05, 0.1) is 11.7 Å². The molecular formula is C16H17N5O2. The summed E-state index contributed by atoms with van der Waals surface area (Å²) in [5.41, 5.74) is 1.51. The zero-order chi connectivity index (χ0) is 16.4. The summed E-state index contributed by atoms with van der Waals surface area (Å²) in [5.74, 6) is 0.305. The van der Waals surface area contributed by atoms with Crippen molar-refractivity contribution in [2.24, 2.45) is 0 Å². The third kappa shape index (κ3) is 3.08. The molecule has 0 radical (unpaired) electrons. The average Bonchev–Trinajstić information content (AvgIpc) is 3.14. The predicted octanol–water partition coefficient (Wildman–Crippen LogP) is 1.69. The van der Waals surface area contributed by atoms with Gasteiger partial charge in [-0.2, -0.15) is 0 Å². The summed E-state index contributed by atoms with van der Waals surface area (Å²) in [6.45, 7) is 3.71. The highest BCUT2D eigenvalue weighted by atomic mass is 16.2. The molecule has 0 aliphatic heterocycles. The van der Waals surface area contributed by atoms with E-state index in [0.717, 1.165) is 5.69 Å². The topological polar surface area (TPSA) is 95.6 Å². The molecule has 23 heavy (non-hydrogen) atoms. The van der Waals surface area contributed by atoms with Crippen molar-refractivity contribution in [2.75, 3.05) is 0 Å². The van der Waals surface area contributed by atoms with Gasteiger partial charge < -0.3 is 10.3 Å². The van der Waals surface area contributed by atoms with Crippen LogP contribution in [-0.2, 0) is 0 Å². The Labute approximate surface area is 132 Å². The molecule has 3 rings (SSSR count). The number of amides is 1. The molecule has 118 valence electrons. The second-order valence-corrected chi connectivity index (χ2v) is 5.33. The molecule has 3 aromatic rings. The van der Waals surface area contributed by atoms with Gasteiger partial charge in [0.2, 0.25) is 0 Å². The van der Waals surface area contributed by atoms with Gasteiger partial charge >= 0.3 is 0 Å². The molecule has 0 unspecified atom stereocenters. The van der Waals surface area contributed by atoms with E-state index >= 15 is 0 Å². The molecule has 0 spiro atoms. The lowest BCUT2D eigenvalue weighted by molar-refractivity contribution is 0.0933. The summed E-state index contributed by atoms with van der Waals surface area (Å²) < 4.78 is 1.33. The molecule has 0 saturated carbocycles. The van der Waals surface area contributed by atoms with Crippen molar-refractivity contribution >= 4 is 5.91 Å². The van der Waals surface area contributed by atoms with Crippen LogP contribution in [0.15, 0.2) is 47.4 Å². The number of imidazole rings is 1. The molecule has 0 fully saturated rings. The first kappa shape index (κ1) is 14.8. The quantitative estimate of drug-likeness (QED) is 0.684. The minimum Gasteiger partial charge on any atom is -0.344 e. The zero-order valence-electron chi connectivity index (χ0n) is 12.8. The third-order valence-corrected chi connectivity index (χ3v) is 3.46. The molecule has 1 atom stereocenters. The van der Waals surface area contributed by atoms with Gasteiger partial charge in [-0.05, 0) is 26.0 Å². The van der Waals surface area contributed by atoms with Crippen LogP contribution in [0.5, 0.6) is 0 Å². The number of nitrogens with zero attached hydrogens (tertiary/aromatic N) is 2. The van der Waals surface area contributed by atoms with E-state index in [0.29, 0.717) is 11.5 Å². The number of para-hydroxylation sites is 1. The van der Waals surface area contributed by atoms with Crippen molar-refractivity contribution in [1.82, 2.24) is 25.1 Å². The standard InChI is InChI=1S/C16H17N5O2/c1-10-9-17-15(18-10)11(2)19-16(23)13-8-14(22)21(20-13)12-6-4-3-5-7-12/h3-9,11,20H,1-2H3,(H,17,18)(H,19,23)/t11-/m1/s1. The highest BCUT2D eigenvalue weighted by Gasteiger charge is 2.16. The van der Waals surface area contributed by atoms with Crippen LogP contribution in [0.3, 0.4) is 0 Å². The highest BCUT2D eigenvalue weighted by Crippen LogP contribution is 2.09. The highest BCUT2D eigenvalue weighted by molar-refractivity contribution is 5.92. The maximum absolute atomic E-state index is 12.3. The Hall–Kier alpha value is -3.09. The number of carbonyl (C=O) groups excluding carboxylic acids is 1. The molecule has 3 N–H and O–H groups in total. The van der Waals surface area contributed by atoms with Gasteiger partial charge in [-0.1, -0.05) is 18.2 Å². The lowest BCUT2D eigenvalue weighted by atomic mass is 10.3. The summed E-state index contributed by atoms with van der Waals surface area (Å²) in [4.78, 5) is 31.6. The Bertz CT molecular complexity index is 875. The molecule has 0 aliphatic carbocycles. The minimum absolute atomic E-state index is 0.203. The van der Waals surface area contributed by atoms with Gasteiger partial charge in [-0.3, -0.25) is 14.7 Å². The van der Waals surface area contributed by atoms with Crippen LogP contribution in [0.2, 0.25) is 0 Å². The zero-order valence-corrected chi connectivity index (χ0v) is 12.8. The van der Waals surface area contributed by atoms with Crippen molar-refractivity contribution in [3.8, 4) is 5.69 Å². The molecular weight excluding hydrogens is 294 g/mol. The van der Waals surface area contributed by atoms with Gasteiger partial charge in [0, 0.05) is 18.0 Å². The van der Waals surface area contributed by atoms with Crippen LogP contribution in [0, 0.1) is 6.92 Å². The Morgan fingerprint density at radius 1 is 1.30 bits per heavy atom. The number of hydrogen-bond donors (Lipinski definition) is 3. The van der Waals surface area contributed by atoms with Gasteiger partial charge in [0.25, 0.3) is 11.5 Å². The predicted molar refractivity (Wildman–Crippen MR) is 85.6 cm³/mol. The van der Waals surface area contributed by atoms with E-state index in [-0.39, 0.29) is 23.2 Å². The van der Waals surface area contributed by atoms with E-state index < -0.39 is 0 Å². The van der Waals surface area contributed by atoms with Crippen molar-refractivity contribution in [2.45, 2.75) is 19.9 Å². The fourth-order valence-electron chi connectivity index (χ4n) is 2.28. The van der Waals surface area contributed by atoms with E-state index in [1.807, 2.05) is 32.0 Å². The molecule has 7 nitrogen and oxygen atoms in total. The number of aromatic amines is 2. The molecule has 7 heteroatoms. The van der Waals surface area contributed by atoms with E-state index in [4.69, 9.17) is 0 Å². The number of carbonyl (C=O) groups is 1.